The van der Waals surface area contributed by atoms with Crippen LogP contribution in [0, 0.1) is 0 Å². The lowest BCUT2D eigenvalue weighted by atomic mass is 10.2. The molecule has 4 aromatic rings. The van der Waals surface area contributed by atoms with Gasteiger partial charge in [-0.2, -0.15) is 0 Å². The summed E-state index contributed by atoms with van der Waals surface area (Å²) >= 11 is 1.37. The van der Waals surface area contributed by atoms with Gasteiger partial charge in [-0.25, -0.2) is 9.97 Å². The van der Waals surface area contributed by atoms with E-state index in [1.165, 1.54) is 11.3 Å². The van der Waals surface area contributed by atoms with Gasteiger partial charge >= 0.3 is 0 Å². The number of methoxy groups -OCH3 is 2. The van der Waals surface area contributed by atoms with Crippen LogP contribution >= 0.6 is 11.3 Å². The summed E-state index contributed by atoms with van der Waals surface area (Å²) in [6.45, 7) is 0.355. The maximum atomic E-state index is 12.6. The number of aryl methyl sites for hydroxylation is 1. The number of carbonyl (C=O) groups excluding carboxylic acids is 1. The largest absolute Gasteiger partial charge is 0.493 e. The summed E-state index contributed by atoms with van der Waals surface area (Å²) in [5.41, 5.74) is 1.24. The van der Waals surface area contributed by atoms with E-state index >= 15 is 0 Å². The Morgan fingerprint density at radius 3 is 2.53 bits per heavy atom. The number of aromatic nitrogens is 3. The summed E-state index contributed by atoms with van der Waals surface area (Å²) in [6, 6.07) is 10.6. The van der Waals surface area contributed by atoms with E-state index in [0.717, 1.165) is 16.0 Å². The molecule has 2 aromatic carbocycles. The highest BCUT2D eigenvalue weighted by Gasteiger charge is 2.13. The van der Waals surface area contributed by atoms with Gasteiger partial charge < -0.3 is 18.8 Å². The van der Waals surface area contributed by atoms with Gasteiger partial charge in [0.2, 0.25) is 0 Å². The van der Waals surface area contributed by atoms with Crippen LogP contribution in [0.3, 0.4) is 0 Å². The molecule has 154 valence electrons. The molecule has 4 rings (SSSR count). The van der Waals surface area contributed by atoms with E-state index in [1.807, 2.05) is 23.9 Å². The summed E-state index contributed by atoms with van der Waals surface area (Å²) in [4.78, 5) is 21.3. The monoisotopic (exact) mass is 424 g/mol. The van der Waals surface area contributed by atoms with Gasteiger partial charge in [0, 0.05) is 37.1 Å². The molecule has 0 unspecified atom stereocenters. The van der Waals surface area contributed by atoms with Gasteiger partial charge in [0.05, 0.1) is 24.4 Å². The Morgan fingerprint density at radius 1 is 1.13 bits per heavy atom. The van der Waals surface area contributed by atoms with Crippen LogP contribution in [0.1, 0.15) is 16.2 Å². The lowest BCUT2D eigenvalue weighted by Crippen LogP contribution is -2.11. The van der Waals surface area contributed by atoms with E-state index in [0.29, 0.717) is 34.6 Å². The quantitative estimate of drug-likeness (QED) is 0.484. The van der Waals surface area contributed by atoms with E-state index in [-0.39, 0.29) is 5.91 Å². The first-order chi connectivity index (χ1) is 14.6. The standard InChI is InChI=1S/C21H20N4O4S/c1-25-9-8-22-19(25)12-29-14-6-4-13(5-7-14)20(26)24-21-23-15-10-16(27-2)17(28-3)11-18(15)30-21/h4-11H,12H2,1-3H3,(H,23,24,26). The lowest BCUT2D eigenvalue weighted by molar-refractivity contribution is 0.102. The van der Waals surface area contributed by atoms with Gasteiger partial charge in [-0.05, 0) is 24.3 Å². The third-order valence-electron chi connectivity index (χ3n) is 4.52. The van der Waals surface area contributed by atoms with Crippen LogP contribution in [-0.2, 0) is 13.7 Å². The van der Waals surface area contributed by atoms with Crippen molar-refractivity contribution in [3.8, 4) is 17.2 Å². The fraction of sp³-hybridized carbons (Fsp3) is 0.190. The summed E-state index contributed by atoms with van der Waals surface area (Å²) in [5, 5.41) is 3.34. The zero-order valence-electron chi connectivity index (χ0n) is 16.7. The lowest BCUT2D eigenvalue weighted by Gasteiger charge is -2.07. The number of benzene rings is 2. The second kappa shape index (κ2) is 8.42. The van der Waals surface area contributed by atoms with Crippen molar-refractivity contribution in [3.63, 3.8) is 0 Å². The van der Waals surface area contributed by atoms with Crippen LogP contribution in [0.25, 0.3) is 10.2 Å². The molecule has 0 aliphatic rings. The van der Waals surface area contributed by atoms with Gasteiger partial charge in [0.1, 0.15) is 18.2 Å². The number of hydrogen-bond donors (Lipinski definition) is 1. The molecule has 0 saturated carbocycles. The second-order valence-electron chi connectivity index (χ2n) is 6.42. The first-order valence-corrected chi connectivity index (χ1v) is 9.92. The first kappa shape index (κ1) is 19.7. The van der Waals surface area contributed by atoms with E-state index in [1.54, 1.807) is 50.7 Å². The Kier molecular flexibility index (Phi) is 5.53. The zero-order valence-corrected chi connectivity index (χ0v) is 17.5. The molecule has 0 aliphatic carbocycles. The van der Waals surface area contributed by atoms with Crippen LogP contribution in [-0.4, -0.2) is 34.7 Å². The minimum Gasteiger partial charge on any atom is -0.493 e. The van der Waals surface area contributed by atoms with Crippen LogP contribution in [0.2, 0.25) is 0 Å². The van der Waals surface area contributed by atoms with Crippen LogP contribution in [0.4, 0.5) is 5.13 Å². The van der Waals surface area contributed by atoms with Gasteiger partial charge in [0.25, 0.3) is 5.91 Å². The third-order valence-corrected chi connectivity index (χ3v) is 5.45. The Bertz CT molecular complexity index is 1140. The minimum atomic E-state index is -0.247. The summed E-state index contributed by atoms with van der Waals surface area (Å²) in [6.07, 6.45) is 3.58. The van der Waals surface area contributed by atoms with Crippen LogP contribution in [0.5, 0.6) is 17.2 Å². The van der Waals surface area contributed by atoms with Gasteiger partial charge in [-0.3, -0.25) is 10.1 Å². The summed E-state index contributed by atoms with van der Waals surface area (Å²) in [5.74, 6) is 2.44. The topological polar surface area (TPSA) is 87.5 Å². The number of rotatable bonds is 7. The van der Waals surface area contributed by atoms with Crippen molar-refractivity contribution in [2.75, 3.05) is 19.5 Å². The zero-order chi connectivity index (χ0) is 21.1. The Balaban J connectivity index is 1.43. The maximum absolute atomic E-state index is 12.6. The first-order valence-electron chi connectivity index (χ1n) is 9.10. The SMILES string of the molecule is COc1cc2nc(NC(=O)c3ccc(OCc4nccn4C)cc3)sc2cc1OC. The van der Waals surface area contributed by atoms with Gasteiger partial charge in [-0.15, -0.1) is 0 Å². The number of nitrogens with one attached hydrogen (secondary N) is 1. The molecule has 2 heterocycles. The van der Waals surface area contributed by atoms with Gasteiger partial charge in [0.15, 0.2) is 16.6 Å². The van der Waals surface area contributed by atoms with Crippen molar-refractivity contribution >= 4 is 32.6 Å². The van der Waals surface area contributed by atoms with Crippen molar-refractivity contribution in [3.05, 3.63) is 60.2 Å². The van der Waals surface area contributed by atoms with Crippen LogP contribution in [0.15, 0.2) is 48.8 Å². The number of amides is 1. The molecule has 0 fully saturated rings. The highest BCUT2D eigenvalue weighted by Crippen LogP contribution is 2.36. The Labute approximate surface area is 177 Å². The Morgan fingerprint density at radius 2 is 1.87 bits per heavy atom. The molecular formula is C21H20N4O4S. The number of hydrogen-bond acceptors (Lipinski definition) is 7. The Hall–Kier alpha value is -3.59. The number of carbonyl (C=O) groups is 1. The number of imidazole rings is 1. The number of thiazole rings is 1. The van der Waals surface area contributed by atoms with Crippen molar-refractivity contribution in [1.82, 2.24) is 14.5 Å². The molecule has 9 heteroatoms. The summed E-state index contributed by atoms with van der Waals surface area (Å²) < 4.78 is 19.1. The van der Waals surface area contributed by atoms with Gasteiger partial charge in [-0.1, -0.05) is 11.3 Å². The average molecular weight is 424 g/mol. The fourth-order valence-electron chi connectivity index (χ4n) is 2.86. The van der Waals surface area contributed by atoms with Crippen molar-refractivity contribution < 1.29 is 19.0 Å². The van der Waals surface area contributed by atoms with Crippen molar-refractivity contribution in [1.29, 1.82) is 0 Å². The molecule has 1 amide bonds. The molecule has 30 heavy (non-hydrogen) atoms. The molecular weight excluding hydrogens is 404 g/mol. The molecule has 0 bridgehead atoms. The normalized spacial score (nSPS) is 10.8. The molecule has 0 aliphatic heterocycles. The van der Waals surface area contributed by atoms with Crippen molar-refractivity contribution in [2.24, 2.45) is 7.05 Å². The smallest absolute Gasteiger partial charge is 0.257 e. The minimum absolute atomic E-state index is 0.247. The summed E-state index contributed by atoms with van der Waals surface area (Å²) in [7, 11) is 5.06. The second-order valence-corrected chi connectivity index (χ2v) is 7.45. The number of nitrogens with zero attached hydrogens (tertiary/aromatic N) is 3. The van der Waals surface area contributed by atoms with Crippen LogP contribution < -0.4 is 19.5 Å². The van der Waals surface area contributed by atoms with E-state index in [9.17, 15) is 4.79 Å². The van der Waals surface area contributed by atoms with E-state index < -0.39 is 0 Å². The molecule has 0 spiro atoms. The predicted molar refractivity (Wildman–Crippen MR) is 115 cm³/mol. The third kappa shape index (κ3) is 4.06. The molecule has 1 N–H and O–H groups in total. The molecule has 0 atom stereocenters. The number of anilines is 1. The fourth-order valence-corrected chi connectivity index (χ4v) is 3.73. The highest BCUT2D eigenvalue weighted by molar-refractivity contribution is 7.22. The maximum Gasteiger partial charge on any atom is 0.257 e. The number of fused-ring (bicyclic) bond motifs is 1. The van der Waals surface area contributed by atoms with E-state index in [2.05, 4.69) is 15.3 Å². The number of ether oxygens (including phenoxy) is 3. The highest BCUT2D eigenvalue weighted by atomic mass is 32.1. The van der Waals surface area contributed by atoms with E-state index in [4.69, 9.17) is 14.2 Å². The molecule has 8 nitrogen and oxygen atoms in total. The molecule has 0 saturated heterocycles. The molecule has 0 radical (unpaired) electrons. The average Bonchev–Trinajstić information content (AvgIpc) is 3.35. The molecule has 2 aromatic heterocycles. The van der Waals surface area contributed by atoms with Crippen molar-refractivity contribution in [2.45, 2.75) is 6.61 Å². The predicted octanol–water partition coefficient (Wildman–Crippen LogP) is 3.88.